The Morgan fingerprint density at radius 1 is 1.00 bits per heavy atom. The van der Waals surface area contributed by atoms with Crippen molar-refractivity contribution >= 4 is 39.3 Å². The zero-order valence-corrected chi connectivity index (χ0v) is 20.8. The van der Waals surface area contributed by atoms with E-state index in [0.29, 0.717) is 30.4 Å². The van der Waals surface area contributed by atoms with Crippen LogP contribution in [0.5, 0.6) is 0 Å². The third-order valence-corrected chi connectivity index (χ3v) is 6.76. The molecule has 0 amide bonds. The Kier molecular flexibility index (Phi) is 5.98. The van der Waals surface area contributed by atoms with Crippen LogP contribution < -0.4 is 22.5 Å². The SMILES string of the molecule is Cc1ccc2cc(Cn3ccc(N)c3/C=C(\N)NCc3c(C)cc4c(N)nccc4c3C)ccc2n1. The molecule has 0 atom stereocenters. The number of nitrogens with one attached hydrogen (secondary N) is 1. The Hall–Kier alpha value is -4.52. The van der Waals surface area contributed by atoms with Gasteiger partial charge < -0.3 is 27.1 Å². The minimum Gasteiger partial charge on any atom is -0.397 e. The number of aryl methyl sites for hydroxylation is 3. The number of pyridine rings is 2. The van der Waals surface area contributed by atoms with Crippen LogP contribution in [0.2, 0.25) is 0 Å². The predicted molar refractivity (Wildman–Crippen MR) is 149 cm³/mol. The summed E-state index contributed by atoms with van der Waals surface area (Å²) < 4.78 is 2.11. The van der Waals surface area contributed by atoms with Gasteiger partial charge in [-0.3, -0.25) is 4.98 Å². The molecule has 0 radical (unpaired) electrons. The Balaban J connectivity index is 1.37. The van der Waals surface area contributed by atoms with E-state index in [1.165, 1.54) is 16.7 Å². The van der Waals surface area contributed by atoms with E-state index in [-0.39, 0.29) is 0 Å². The molecule has 0 spiro atoms. The van der Waals surface area contributed by atoms with E-state index in [4.69, 9.17) is 17.2 Å². The monoisotopic (exact) mass is 477 g/mol. The number of anilines is 2. The van der Waals surface area contributed by atoms with Gasteiger partial charge in [0.25, 0.3) is 0 Å². The summed E-state index contributed by atoms with van der Waals surface area (Å²) in [6.07, 6.45) is 5.63. The van der Waals surface area contributed by atoms with Gasteiger partial charge in [0.1, 0.15) is 5.82 Å². The maximum Gasteiger partial charge on any atom is 0.131 e. The lowest BCUT2D eigenvalue weighted by atomic mass is 9.96. The fourth-order valence-electron chi connectivity index (χ4n) is 4.77. The first-order valence-electron chi connectivity index (χ1n) is 12.0. The number of benzene rings is 2. The molecular formula is C29H31N7. The molecule has 182 valence electrons. The van der Waals surface area contributed by atoms with E-state index in [1.54, 1.807) is 6.20 Å². The van der Waals surface area contributed by atoms with Crippen LogP contribution >= 0.6 is 0 Å². The van der Waals surface area contributed by atoms with Crippen molar-refractivity contribution in [3.8, 4) is 0 Å². The molecule has 7 heteroatoms. The molecular weight excluding hydrogens is 446 g/mol. The van der Waals surface area contributed by atoms with Crippen molar-refractivity contribution in [2.24, 2.45) is 5.73 Å². The van der Waals surface area contributed by atoms with Gasteiger partial charge in [-0.15, -0.1) is 0 Å². The second-order valence-electron chi connectivity index (χ2n) is 9.31. The molecule has 0 unspecified atom stereocenters. The largest absolute Gasteiger partial charge is 0.397 e. The number of hydrogen-bond acceptors (Lipinski definition) is 6. The molecule has 0 fully saturated rings. The minimum absolute atomic E-state index is 0.548. The average molecular weight is 478 g/mol. The van der Waals surface area contributed by atoms with Gasteiger partial charge in [-0.25, -0.2) is 4.98 Å². The van der Waals surface area contributed by atoms with Crippen molar-refractivity contribution in [1.29, 1.82) is 0 Å². The van der Waals surface area contributed by atoms with Crippen molar-refractivity contribution in [3.05, 3.63) is 100 Å². The number of nitrogen functional groups attached to an aromatic ring is 2. The van der Waals surface area contributed by atoms with Crippen LogP contribution in [0.15, 0.2) is 66.7 Å². The smallest absolute Gasteiger partial charge is 0.131 e. The molecule has 3 heterocycles. The summed E-state index contributed by atoms with van der Waals surface area (Å²) in [6.45, 7) is 7.46. The zero-order valence-electron chi connectivity index (χ0n) is 20.8. The third kappa shape index (κ3) is 4.43. The van der Waals surface area contributed by atoms with Gasteiger partial charge in [-0.2, -0.15) is 0 Å². The van der Waals surface area contributed by atoms with Crippen molar-refractivity contribution in [2.45, 2.75) is 33.9 Å². The molecule has 0 aliphatic carbocycles. The standard InChI is InChI=1S/C29H31N7/c1-17-12-23-22(8-10-33-29(23)32)19(3)24(17)15-34-28(31)14-27-25(30)9-11-36(27)16-20-5-7-26-21(13-20)6-4-18(2)35-26/h4-14,34H,15-16,30-31H2,1-3H3,(H2,32,33)/b28-14+. The molecule has 0 bridgehead atoms. The number of nitrogens with zero attached hydrogens (tertiary/aromatic N) is 3. The second kappa shape index (κ2) is 9.26. The van der Waals surface area contributed by atoms with Crippen molar-refractivity contribution in [1.82, 2.24) is 19.9 Å². The van der Waals surface area contributed by atoms with Crippen molar-refractivity contribution < 1.29 is 0 Å². The summed E-state index contributed by atoms with van der Waals surface area (Å²) in [6, 6.07) is 16.5. The molecule has 5 aromatic rings. The number of aromatic nitrogens is 3. The van der Waals surface area contributed by atoms with Crippen LogP contribution in [0.4, 0.5) is 11.5 Å². The summed E-state index contributed by atoms with van der Waals surface area (Å²) in [5.74, 6) is 1.10. The number of fused-ring (bicyclic) bond motifs is 2. The highest BCUT2D eigenvalue weighted by Crippen LogP contribution is 2.28. The molecule has 3 aromatic heterocycles. The first-order chi connectivity index (χ1) is 17.3. The van der Waals surface area contributed by atoms with E-state index in [2.05, 4.69) is 64.0 Å². The molecule has 2 aromatic carbocycles. The van der Waals surface area contributed by atoms with Gasteiger partial charge in [0.2, 0.25) is 0 Å². The van der Waals surface area contributed by atoms with Crippen LogP contribution in [0.1, 0.15) is 33.6 Å². The number of rotatable bonds is 6. The zero-order chi connectivity index (χ0) is 25.4. The molecule has 0 aliphatic rings. The number of nitrogens with two attached hydrogens (primary N) is 3. The molecule has 0 aliphatic heterocycles. The highest BCUT2D eigenvalue weighted by atomic mass is 15.0. The molecule has 7 N–H and O–H groups in total. The quantitative estimate of drug-likeness (QED) is 0.280. The van der Waals surface area contributed by atoms with E-state index >= 15 is 0 Å². The van der Waals surface area contributed by atoms with E-state index in [1.807, 2.05) is 37.4 Å². The summed E-state index contributed by atoms with van der Waals surface area (Å²) in [5.41, 5.74) is 27.0. The fraction of sp³-hybridized carbons (Fsp3) is 0.172. The second-order valence-corrected chi connectivity index (χ2v) is 9.31. The van der Waals surface area contributed by atoms with Crippen LogP contribution in [0.3, 0.4) is 0 Å². The van der Waals surface area contributed by atoms with Crippen molar-refractivity contribution in [2.75, 3.05) is 11.5 Å². The van der Waals surface area contributed by atoms with Gasteiger partial charge in [-0.05, 0) is 84.8 Å². The van der Waals surface area contributed by atoms with Gasteiger partial charge in [0.05, 0.1) is 22.7 Å². The van der Waals surface area contributed by atoms with Crippen LogP contribution in [-0.2, 0) is 13.1 Å². The summed E-state index contributed by atoms with van der Waals surface area (Å²) >= 11 is 0. The van der Waals surface area contributed by atoms with Gasteiger partial charge in [-0.1, -0.05) is 12.1 Å². The lowest BCUT2D eigenvalue weighted by Gasteiger charge is -2.16. The van der Waals surface area contributed by atoms with Crippen molar-refractivity contribution in [3.63, 3.8) is 0 Å². The molecule has 36 heavy (non-hydrogen) atoms. The fourth-order valence-corrected chi connectivity index (χ4v) is 4.77. The van der Waals surface area contributed by atoms with Crippen LogP contribution in [0, 0.1) is 20.8 Å². The van der Waals surface area contributed by atoms with Gasteiger partial charge in [0.15, 0.2) is 0 Å². The molecule has 5 rings (SSSR count). The highest BCUT2D eigenvalue weighted by molar-refractivity contribution is 5.94. The third-order valence-electron chi connectivity index (χ3n) is 6.76. The number of hydrogen-bond donors (Lipinski definition) is 4. The average Bonchev–Trinajstić information content (AvgIpc) is 3.18. The first-order valence-corrected chi connectivity index (χ1v) is 12.0. The Morgan fingerprint density at radius 2 is 1.83 bits per heavy atom. The highest BCUT2D eigenvalue weighted by Gasteiger charge is 2.11. The summed E-state index contributed by atoms with van der Waals surface area (Å²) in [5, 5.41) is 6.56. The summed E-state index contributed by atoms with van der Waals surface area (Å²) in [4.78, 5) is 8.81. The van der Waals surface area contributed by atoms with Gasteiger partial charge >= 0.3 is 0 Å². The lowest BCUT2D eigenvalue weighted by molar-refractivity contribution is 0.782. The molecule has 0 saturated heterocycles. The maximum atomic E-state index is 6.41. The Bertz CT molecular complexity index is 1630. The van der Waals surface area contributed by atoms with E-state index in [0.717, 1.165) is 38.6 Å². The molecule has 7 nitrogen and oxygen atoms in total. The lowest BCUT2D eigenvalue weighted by Crippen LogP contribution is -2.21. The Morgan fingerprint density at radius 3 is 2.67 bits per heavy atom. The first kappa shape index (κ1) is 23.2. The van der Waals surface area contributed by atoms with Gasteiger partial charge in [0, 0.05) is 48.0 Å². The summed E-state index contributed by atoms with van der Waals surface area (Å²) in [7, 11) is 0. The Labute approximate surface area is 210 Å². The van der Waals surface area contributed by atoms with Crippen LogP contribution in [0.25, 0.3) is 27.8 Å². The maximum absolute atomic E-state index is 6.41. The molecule has 0 saturated carbocycles. The van der Waals surface area contributed by atoms with E-state index in [9.17, 15) is 0 Å². The topological polar surface area (TPSA) is 121 Å². The normalized spacial score (nSPS) is 11.9. The minimum atomic E-state index is 0.548. The van der Waals surface area contributed by atoms with Crippen LogP contribution in [-0.4, -0.2) is 14.5 Å². The van der Waals surface area contributed by atoms with E-state index < -0.39 is 0 Å². The predicted octanol–water partition coefficient (Wildman–Crippen LogP) is 4.77.